The molecule has 3 aliphatic heterocycles. The summed E-state index contributed by atoms with van der Waals surface area (Å²) in [4.78, 5) is 16.4. The van der Waals surface area contributed by atoms with Crippen molar-refractivity contribution in [3.8, 4) is 16.8 Å². The third-order valence-corrected chi connectivity index (χ3v) is 7.98. The van der Waals surface area contributed by atoms with Gasteiger partial charge < -0.3 is 14.8 Å². The lowest BCUT2D eigenvalue weighted by Crippen LogP contribution is -2.57. The van der Waals surface area contributed by atoms with Crippen molar-refractivity contribution in [2.45, 2.75) is 18.9 Å². The first-order chi connectivity index (χ1) is 15.2. The molecule has 0 radical (unpaired) electrons. The number of carbonyl (C=O) groups excluding carboxylic acids is 1. The first kappa shape index (κ1) is 18.8. The van der Waals surface area contributed by atoms with Crippen LogP contribution < -0.4 is 5.32 Å². The smallest absolute Gasteiger partial charge is 0.261 e. The number of hydrogen-bond acceptors (Lipinski definition) is 3. The van der Waals surface area contributed by atoms with Gasteiger partial charge in [0.05, 0.1) is 4.88 Å². The molecule has 1 N–H and O–H groups in total. The van der Waals surface area contributed by atoms with E-state index in [1.54, 1.807) is 11.3 Å². The van der Waals surface area contributed by atoms with Crippen LogP contribution in [0.2, 0.25) is 0 Å². The van der Waals surface area contributed by atoms with Gasteiger partial charge in [0.2, 0.25) is 0 Å². The maximum Gasteiger partial charge on any atom is 0.261 e. The summed E-state index contributed by atoms with van der Waals surface area (Å²) in [7, 11) is 0. The Morgan fingerprint density at radius 3 is 2.55 bits per heavy atom. The Balaban J connectivity index is 1.31. The van der Waals surface area contributed by atoms with E-state index in [1.165, 1.54) is 41.8 Å². The zero-order chi connectivity index (χ0) is 20.8. The van der Waals surface area contributed by atoms with Gasteiger partial charge in [-0.3, -0.25) is 4.79 Å². The van der Waals surface area contributed by atoms with Gasteiger partial charge in [-0.2, -0.15) is 0 Å². The first-order valence-corrected chi connectivity index (χ1v) is 11.9. The van der Waals surface area contributed by atoms with Crippen LogP contribution in [0, 0.1) is 5.92 Å². The van der Waals surface area contributed by atoms with Crippen LogP contribution in [0.4, 0.5) is 0 Å². The summed E-state index contributed by atoms with van der Waals surface area (Å²) in [5.74, 6) is 0.710. The molecule has 2 aromatic heterocycles. The topological polar surface area (TPSA) is 37.3 Å². The van der Waals surface area contributed by atoms with Gasteiger partial charge in [0.15, 0.2) is 0 Å². The highest BCUT2D eigenvalue weighted by molar-refractivity contribution is 7.21. The molecular weight excluding hydrogens is 402 g/mol. The van der Waals surface area contributed by atoms with Crippen molar-refractivity contribution in [3.63, 3.8) is 0 Å². The molecule has 0 saturated carbocycles. The summed E-state index contributed by atoms with van der Waals surface area (Å²) in [5.41, 5.74) is 3.48. The monoisotopic (exact) mass is 427 g/mol. The standard InChI is InChI=1S/C26H25N3OS/c30-26(27-23-17-28-13-9-18(23)10-14-28)24-16-20-6-4-8-22(25(20)31-24)19-5-3-7-21(15-19)29-11-1-2-12-29/h1-8,11-12,15-16,18,23H,9-10,13-14,17H2,(H,27,30). The van der Waals surface area contributed by atoms with Gasteiger partial charge in [-0.1, -0.05) is 30.3 Å². The minimum atomic E-state index is 0.0759. The lowest BCUT2D eigenvalue weighted by Gasteiger charge is -2.44. The second-order valence-corrected chi connectivity index (χ2v) is 9.75. The Morgan fingerprint density at radius 2 is 1.77 bits per heavy atom. The minimum absolute atomic E-state index is 0.0759. The number of amides is 1. The number of benzene rings is 2. The highest BCUT2D eigenvalue weighted by atomic mass is 32.1. The molecular formula is C26H25N3OS. The lowest BCUT2D eigenvalue weighted by molar-refractivity contribution is 0.0622. The van der Waals surface area contributed by atoms with Crippen LogP contribution in [-0.4, -0.2) is 41.1 Å². The molecule has 7 rings (SSSR count). The Hall–Kier alpha value is -2.89. The molecule has 5 heterocycles. The number of rotatable bonds is 4. The molecule has 4 aromatic rings. The predicted octanol–water partition coefficient (Wildman–Crippen LogP) is 5.18. The average Bonchev–Trinajstić information content (AvgIpc) is 3.50. The van der Waals surface area contributed by atoms with Crippen LogP contribution in [-0.2, 0) is 0 Å². The van der Waals surface area contributed by atoms with Gasteiger partial charge in [-0.25, -0.2) is 0 Å². The van der Waals surface area contributed by atoms with Crippen molar-refractivity contribution < 1.29 is 4.79 Å². The van der Waals surface area contributed by atoms with Crippen LogP contribution in [0.25, 0.3) is 26.9 Å². The van der Waals surface area contributed by atoms with Crippen molar-refractivity contribution in [2.75, 3.05) is 19.6 Å². The average molecular weight is 428 g/mol. The fraction of sp³-hybridized carbons (Fsp3) is 0.269. The number of aromatic nitrogens is 1. The zero-order valence-corrected chi connectivity index (χ0v) is 18.1. The van der Waals surface area contributed by atoms with E-state index < -0.39 is 0 Å². The van der Waals surface area contributed by atoms with Crippen LogP contribution in [0.1, 0.15) is 22.5 Å². The third-order valence-electron chi connectivity index (χ3n) is 6.80. The SMILES string of the molecule is O=C(NC1CN2CCC1CC2)c1cc2cccc(-c3cccc(-n4cccc4)c3)c2s1. The molecule has 0 spiro atoms. The largest absolute Gasteiger partial charge is 0.347 e. The number of thiophene rings is 1. The number of nitrogens with zero attached hydrogens (tertiary/aromatic N) is 2. The Kier molecular flexibility index (Phi) is 4.66. The number of fused-ring (bicyclic) bond motifs is 4. The summed E-state index contributed by atoms with van der Waals surface area (Å²) in [6.07, 6.45) is 6.53. The molecule has 156 valence electrons. The molecule has 4 nitrogen and oxygen atoms in total. The van der Waals surface area contributed by atoms with Crippen molar-refractivity contribution in [1.82, 2.24) is 14.8 Å². The molecule has 2 aromatic carbocycles. The van der Waals surface area contributed by atoms with Crippen LogP contribution in [0.3, 0.4) is 0 Å². The summed E-state index contributed by atoms with van der Waals surface area (Å²) < 4.78 is 3.29. The molecule has 5 heteroatoms. The van der Waals surface area contributed by atoms with Gasteiger partial charge in [-0.15, -0.1) is 11.3 Å². The molecule has 1 unspecified atom stereocenters. The number of nitrogens with one attached hydrogen (secondary N) is 1. The Labute approximate surface area is 186 Å². The van der Waals surface area contributed by atoms with Crippen molar-refractivity contribution in [1.29, 1.82) is 0 Å². The predicted molar refractivity (Wildman–Crippen MR) is 127 cm³/mol. The quantitative estimate of drug-likeness (QED) is 0.487. The van der Waals surface area contributed by atoms with Gasteiger partial charge in [0.25, 0.3) is 5.91 Å². The van der Waals surface area contributed by atoms with Crippen molar-refractivity contribution in [2.24, 2.45) is 5.92 Å². The van der Waals surface area contributed by atoms with Gasteiger partial charge in [0, 0.05) is 35.4 Å². The second-order valence-electron chi connectivity index (χ2n) is 8.69. The Morgan fingerprint density at radius 1 is 0.968 bits per heavy atom. The van der Waals surface area contributed by atoms with Crippen LogP contribution >= 0.6 is 11.3 Å². The van der Waals surface area contributed by atoms with Crippen molar-refractivity contribution >= 4 is 27.3 Å². The second kappa shape index (κ2) is 7.66. The number of hydrogen-bond donors (Lipinski definition) is 1. The lowest BCUT2D eigenvalue weighted by atomic mass is 9.84. The summed E-state index contributed by atoms with van der Waals surface area (Å²) in [5, 5.41) is 4.47. The molecule has 0 aliphatic carbocycles. The van der Waals surface area contributed by atoms with E-state index in [9.17, 15) is 4.79 Å². The van der Waals surface area contributed by atoms with E-state index in [4.69, 9.17) is 0 Å². The summed E-state index contributed by atoms with van der Waals surface area (Å²) in [6.45, 7) is 3.37. The molecule has 3 saturated heterocycles. The van der Waals surface area contributed by atoms with Crippen molar-refractivity contribution in [3.05, 3.63) is 77.9 Å². The number of piperidine rings is 3. The van der Waals surface area contributed by atoms with E-state index in [2.05, 4.69) is 75.7 Å². The van der Waals surface area contributed by atoms with E-state index in [0.29, 0.717) is 5.92 Å². The van der Waals surface area contributed by atoms with E-state index in [0.717, 1.165) is 22.5 Å². The molecule has 1 atom stereocenters. The summed E-state index contributed by atoms with van der Waals surface area (Å²) in [6, 6.07) is 21.3. The Bertz CT molecular complexity index is 1230. The molecule has 3 aliphatic rings. The van der Waals surface area contributed by atoms with Gasteiger partial charge in [-0.05, 0) is 78.7 Å². The molecule has 2 bridgehead atoms. The zero-order valence-electron chi connectivity index (χ0n) is 17.3. The fourth-order valence-electron chi connectivity index (χ4n) is 5.11. The molecule has 1 amide bonds. The molecule has 3 fully saturated rings. The maximum atomic E-state index is 13.1. The minimum Gasteiger partial charge on any atom is -0.347 e. The number of carbonyl (C=O) groups is 1. The van der Waals surface area contributed by atoms with Crippen LogP contribution in [0.15, 0.2) is 73.1 Å². The third kappa shape index (κ3) is 3.48. The normalized spacial score (nSPS) is 22.6. The van der Waals surface area contributed by atoms with Gasteiger partial charge >= 0.3 is 0 Å². The first-order valence-electron chi connectivity index (χ1n) is 11.0. The highest BCUT2D eigenvalue weighted by Gasteiger charge is 2.35. The molecule has 31 heavy (non-hydrogen) atoms. The van der Waals surface area contributed by atoms with E-state index >= 15 is 0 Å². The van der Waals surface area contributed by atoms with Gasteiger partial charge in [0.1, 0.15) is 0 Å². The van der Waals surface area contributed by atoms with E-state index in [1.807, 2.05) is 12.1 Å². The fourth-order valence-corrected chi connectivity index (χ4v) is 6.21. The van der Waals surface area contributed by atoms with Crippen LogP contribution in [0.5, 0.6) is 0 Å². The summed E-state index contributed by atoms with van der Waals surface area (Å²) >= 11 is 1.61. The maximum absolute atomic E-state index is 13.1. The highest BCUT2D eigenvalue weighted by Crippen LogP contribution is 2.36. The van der Waals surface area contributed by atoms with E-state index in [-0.39, 0.29) is 11.9 Å².